The third-order valence-electron chi connectivity index (χ3n) is 1.40. The summed E-state index contributed by atoms with van der Waals surface area (Å²) in [5.74, 6) is -0.350. The summed E-state index contributed by atoms with van der Waals surface area (Å²) in [5.41, 5.74) is -0.532. The summed E-state index contributed by atoms with van der Waals surface area (Å²) < 4.78 is 14.4. The van der Waals surface area contributed by atoms with E-state index in [0.29, 0.717) is 0 Å². The second-order valence-corrected chi connectivity index (χ2v) is 4.06. The predicted octanol–water partition coefficient (Wildman–Crippen LogP) is 1.05. The number of amides is 1. The molecule has 0 atom stereocenters. The van der Waals surface area contributed by atoms with Crippen LogP contribution in [0.4, 0.5) is 4.79 Å². The quantitative estimate of drug-likeness (QED) is 0.436. The fraction of sp³-hybridized carbons (Fsp3) is 0.800. The lowest BCUT2D eigenvalue weighted by Crippen LogP contribution is -2.33. The van der Waals surface area contributed by atoms with Gasteiger partial charge in [0.15, 0.2) is 0 Å². The highest BCUT2D eigenvalue weighted by molar-refractivity contribution is 5.69. The van der Waals surface area contributed by atoms with Gasteiger partial charge in [-0.2, -0.15) is 0 Å². The van der Waals surface area contributed by atoms with E-state index in [9.17, 15) is 9.59 Å². The molecule has 6 nitrogen and oxygen atoms in total. The number of hydrogen-bond acceptors (Lipinski definition) is 5. The second kappa shape index (κ2) is 7.05. The lowest BCUT2D eigenvalue weighted by molar-refractivity contribution is -0.141. The predicted molar refractivity (Wildman–Crippen MR) is 56.8 cm³/mol. The largest absolute Gasteiger partial charge is 0.469 e. The van der Waals surface area contributed by atoms with Crippen molar-refractivity contribution < 1.29 is 23.8 Å². The summed E-state index contributed by atoms with van der Waals surface area (Å²) in [5, 5.41) is 2.40. The topological polar surface area (TPSA) is 73.9 Å². The van der Waals surface area contributed by atoms with Crippen LogP contribution in [0.3, 0.4) is 0 Å². The Morgan fingerprint density at radius 2 is 1.88 bits per heavy atom. The van der Waals surface area contributed by atoms with Gasteiger partial charge < -0.3 is 14.2 Å². The molecule has 0 aromatic rings. The minimum atomic E-state index is -0.550. The molecule has 0 aromatic carbocycles. The van der Waals surface area contributed by atoms with Crippen molar-refractivity contribution in [3.63, 3.8) is 0 Å². The van der Waals surface area contributed by atoms with Gasteiger partial charge in [-0.05, 0) is 20.8 Å². The molecule has 0 spiro atoms. The van der Waals surface area contributed by atoms with Gasteiger partial charge in [0, 0.05) is 0 Å². The van der Waals surface area contributed by atoms with Gasteiger partial charge in [-0.15, -0.1) is 0 Å². The molecule has 0 saturated carbocycles. The Kier molecular flexibility index (Phi) is 6.48. The molecule has 0 saturated heterocycles. The van der Waals surface area contributed by atoms with Crippen LogP contribution in [-0.4, -0.2) is 38.1 Å². The Balaban J connectivity index is 3.45. The van der Waals surface area contributed by atoms with E-state index in [1.807, 2.05) is 0 Å². The molecule has 0 bridgehead atoms. The molecule has 0 radical (unpaired) electrons. The fourth-order valence-corrected chi connectivity index (χ4v) is 0.754. The Bertz CT molecular complexity index is 234. The third kappa shape index (κ3) is 9.26. The van der Waals surface area contributed by atoms with Crippen molar-refractivity contribution in [3.8, 4) is 0 Å². The zero-order valence-electron chi connectivity index (χ0n) is 10.2. The van der Waals surface area contributed by atoms with Gasteiger partial charge in [0.25, 0.3) is 0 Å². The van der Waals surface area contributed by atoms with E-state index in [-0.39, 0.29) is 25.7 Å². The maximum atomic E-state index is 11.1. The molecule has 0 unspecified atom stereocenters. The van der Waals surface area contributed by atoms with Crippen LogP contribution in [-0.2, 0) is 19.0 Å². The van der Waals surface area contributed by atoms with Crippen molar-refractivity contribution in [2.75, 3.05) is 20.4 Å². The highest BCUT2D eigenvalue weighted by Crippen LogP contribution is 2.06. The van der Waals surface area contributed by atoms with Crippen LogP contribution in [0.2, 0.25) is 0 Å². The minimum Gasteiger partial charge on any atom is -0.469 e. The molecule has 1 amide bonds. The number of alkyl carbamates (subject to hydrolysis) is 1. The van der Waals surface area contributed by atoms with Gasteiger partial charge in [0.05, 0.1) is 20.1 Å². The maximum absolute atomic E-state index is 11.1. The number of carbonyl (C=O) groups excluding carboxylic acids is 2. The molecule has 0 rings (SSSR count). The molecule has 0 aliphatic heterocycles. The molecule has 0 aliphatic carbocycles. The van der Waals surface area contributed by atoms with Gasteiger partial charge in [-0.1, -0.05) is 0 Å². The van der Waals surface area contributed by atoms with E-state index in [1.165, 1.54) is 7.11 Å². The summed E-state index contributed by atoms with van der Waals surface area (Å²) >= 11 is 0. The van der Waals surface area contributed by atoms with Crippen LogP contribution < -0.4 is 5.32 Å². The molecule has 0 fully saturated rings. The van der Waals surface area contributed by atoms with Crippen LogP contribution in [0.25, 0.3) is 0 Å². The maximum Gasteiger partial charge on any atom is 0.409 e. The van der Waals surface area contributed by atoms with Gasteiger partial charge in [0.2, 0.25) is 0 Å². The number of esters is 1. The average Bonchev–Trinajstić information content (AvgIpc) is 2.14. The highest BCUT2D eigenvalue weighted by atomic mass is 16.6. The smallest absolute Gasteiger partial charge is 0.409 e. The van der Waals surface area contributed by atoms with E-state index in [4.69, 9.17) is 9.47 Å². The Hall–Kier alpha value is -1.30. The monoisotopic (exact) mass is 233 g/mol. The van der Waals surface area contributed by atoms with Crippen LogP contribution in [0, 0.1) is 0 Å². The summed E-state index contributed by atoms with van der Waals surface area (Å²) in [6.07, 6.45) is -0.391. The summed E-state index contributed by atoms with van der Waals surface area (Å²) in [6.45, 7) is 5.51. The molecule has 6 heteroatoms. The van der Waals surface area contributed by atoms with Crippen molar-refractivity contribution in [2.45, 2.75) is 32.8 Å². The van der Waals surface area contributed by atoms with Crippen molar-refractivity contribution in [2.24, 2.45) is 0 Å². The van der Waals surface area contributed by atoms with Gasteiger partial charge in [-0.3, -0.25) is 10.1 Å². The van der Waals surface area contributed by atoms with Crippen LogP contribution in [0.15, 0.2) is 0 Å². The van der Waals surface area contributed by atoms with Crippen LogP contribution in [0.1, 0.15) is 27.2 Å². The van der Waals surface area contributed by atoms with Crippen molar-refractivity contribution >= 4 is 12.1 Å². The minimum absolute atomic E-state index is 0.00586. The Morgan fingerprint density at radius 3 is 2.38 bits per heavy atom. The lowest BCUT2D eigenvalue weighted by atomic mass is 10.2. The zero-order valence-corrected chi connectivity index (χ0v) is 10.2. The Labute approximate surface area is 95.2 Å². The Morgan fingerprint density at radius 1 is 1.25 bits per heavy atom. The molecule has 94 valence electrons. The molecular formula is C10H19NO5. The van der Waals surface area contributed by atoms with Gasteiger partial charge >= 0.3 is 12.1 Å². The van der Waals surface area contributed by atoms with E-state index in [0.717, 1.165) is 0 Å². The van der Waals surface area contributed by atoms with E-state index >= 15 is 0 Å². The standard InChI is InChI=1S/C10H19NO5/c1-10(2,3)16-9(13)11-7-15-6-5-8(12)14-4/h5-7H2,1-4H3,(H,11,13). The average molecular weight is 233 g/mol. The highest BCUT2D eigenvalue weighted by Gasteiger charge is 2.15. The zero-order chi connectivity index (χ0) is 12.6. The van der Waals surface area contributed by atoms with Gasteiger partial charge in [0.1, 0.15) is 12.3 Å². The fourth-order valence-electron chi connectivity index (χ4n) is 0.754. The molecule has 1 N–H and O–H groups in total. The lowest BCUT2D eigenvalue weighted by Gasteiger charge is -2.19. The number of hydrogen-bond donors (Lipinski definition) is 1. The van der Waals surface area contributed by atoms with Crippen molar-refractivity contribution in [1.29, 1.82) is 0 Å². The second-order valence-electron chi connectivity index (χ2n) is 4.06. The van der Waals surface area contributed by atoms with Crippen molar-refractivity contribution in [1.82, 2.24) is 5.32 Å². The molecule has 0 aliphatic rings. The summed E-state index contributed by atoms with van der Waals surface area (Å²) in [4.78, 5) is 21.8. The first-order chi connectivity index (χ1) is 7.35. The van der Waals surface area contributed by atoms with Gasteiger partial charge in [-0.25, -0.2) is 4.79 Å². The first-order valence-corrected chi connectivity index (χ1v) is 4.96. The normalized spacial score (nSPS) is 10.8. The molecule has 0 aromatic heterocycles. The van der Waals surface area contributed by atoms with Crippen LogP contribution in [0.5, 0.6) is 0 Å². The first-order valence-electron chi connectivity index (χ1n) is 4.96. The molecular weight excluding hydrogens is 214 g/mol. The first kappa shape index (κ1) is 14.7. The molecule has 0 heterocycles. The van der Waals surface area contributed by atoms with Crippen LogP contribution >= 0.6 is 0 Å². The van der Waals surface area contributed by atoms with Crippen molar-refractivity contribution in [3.05, 3.63) is 0 Å². The number of ether oxygens (including phenoxy) is 3. The molecule has 16 heavy (non-hydrogen) atoms. The summed E-state index contributed by atoms with van der Waals surface area (Å²) in [7, 11) is 1.31. The van der Waals surface area contributed by atoms with E-state index < -0.39 is 11.7 Å². The third-order valence-corrected chi connectivity index (χ3v) is 1.40. The number of nitrogens with one attached hydrogen (secondary N) is 1. The van der Waals surface area contributed by atoms with E-state index in [1.54, 1.807) is 20.8 Å². The van der Waals surface area contributed by atoms with E-state index in [2.05, 4.69) is 10.1 Å². The number of methoxy groups -OCH3 is 1. The summed E-state index contributed by atoms with van der Waals surface area (Å²) in [6, 6.07) is 0. The number of rotatable bonds is 5. The number of carbonyl (C=O) groups is 2. The SMILES string of the molecule is COC(=O)CCOCNC(=O)OC(C)(C)C.